The second-order valence-electron chi connectivity index (χ2n) is 6.07. The number of pyridine rings is 1. The van der Waals surface area contributed by atoms with Gasteiger partial charge in [0.05, 0.1) is 0 Å². The van der Waals surface area contributed by atoms with Crippen molar-refractivity contribution in [1.82, 2.24) is 14.8 Å². The lowest BCUT2D eigenvalue weighted by molar-refractivity contribution is -0.0835. The molecule has 0 radical (unpaired) electrons. The van der Waals surface area contributed by atoms with E-state index in [4.69, 9.17) is 0 Å². The normalized spacial score (nSPS) is 28.4. The average molecular weight is 245 g/mol. The molecule has 2 saturated heterocycles. The van der Waals surface area contributed by atoms with Gasteiger partial charge < -0.3 is 0 Å². The number of aromatic nitrogens is 1. The smallest absolute Gasteiger partial charge is 0.0375 e. The Morgan fingerprint density at radius 2 is 2.06 bits per heavy atom. The topological polar surface area (TPSA) is 19.4 Å². The molecule has 2 bridgehead atoms. The van der Waals surface area contributed by atoms with E-state index < -0.39 is 0 Å². The van der Waals surface area contributed by atoms with Crippen LogP contribution in [0.15, 0.2) is 18.3 Å². The quantitative estimate of drug-likeness (QED) is 0.812. The predicted octanol–water partition coefficient (Wildman–Crippen LogP) is 2.06. The van der Waals surface area contributed by atoms with Crippen LogP contribution in [0.2, 0.25) is 0 Å². The Bertz CT molecular complexity index is 418. The van der Waals surface area contributed by atoms with Crippen molar-refractivity contribution < 1.29 is 0 Å². The Hall–Kier alpha value is -0.930. The highest BCUT2D eigenvalue weighted by molar-refractivity contribution is 5.17. The second kappa shape index (κ2) is 4.63. The zero-order chi connectivity index (χ0) is 12.7. The Labute approximate surface area is 110 Å². The lowest BCUT2D eigenvalue weighted by Crippen LogP contribution is -2.68. The van der Waals surface area contributed by atoms with Gasteiger partial charge >= 0.3 is 0 Å². The molecule has 1 aromatic heterocycles. The molecule has 3 nitrogen and oxygen atoms in total. The summed E-state index contributed by atoms with van der Waals surface area (Å²) < 4.78 is 0. The minimum atomic E-state index is 0.695. The summed E-state index contributed by atoms with van der Waals surface area (Å²) in [5.41, 5.74) is 2.54. The van der Waals surface area contributed by atoms with Gasteiger partial charge in [-0.3, -0.25) is 14.8 Å². The number of hydrogen-bond donors (Lipinski definition) is 0. The van der Waals surface area contributed by atoms with Gasteiger partial charge in [0.15, 0.2) is 0 Å². The molecular formula is C15H23N3. The molecule has 2 aliphatic heterocycles. The molecule has 18 heavy (non-hydrogen) atoms. The van der Waals surface area contributed by atoms with Crippen molar-refractivity contribution in [2.45, 2.75) is 51.9 Å². The summed E-state index contributed by atoms with van der Waals surface area (Å²) in [6, 6.07) is 6.62. The molecule has 3 heterocycles. The van der Waals surface area contributed by atoms with Crippen LogP contribution >= 0.6 is 0 Å². The van der Waals surface area contributed by atoms with Gasteiger partial charge in [0, 0.05) is 49.7 Å². The van der Waals surface area contributed by atoms with Crippen LogP contribution in [0.25, 0.3) is 0 Å². The van der Waals surface area contributed by atoms with Crippen LogP contribution in [0.1, 0.15) is 31.5 Å². The van der Waals surface area contributed by atoms with Gasteiger partial charge in [-0.25, -0.2) is 0 Å². The molecular weight excluding hydrogens is 222 g/mol. The van der Waals surface area contributed by atoms with E-state index in [1.165, 1.54) is 25.1 Å². The van der Waals surface area contributed by atoms with E-state index in [1.807, 2.05) is 6.20 Å². The summed E-state index contributed by atoms with van der Waals surface area (Å²) in [4.78, 5) is 9.56. The maximum atomic E-state index is 4.27. The van der Waals surface area contributed by atoms with Crippen molar-refractivity contribution in [3.8, 4) is 0 Å². The summed E-state index contributed by atoms with van der Waals surface area (Å²) >= 11 is 0. The van der Waals surface area contributed by atoms with Crippen molar-refractivity contribution in [2.24, 2.45) is 0 Å². The molecule has 2 fully saturated rings. The zero-order valence-electron chi connectivity index (χ0n) is 11.6. The highest BCUT2D eigenvalue weighted by Crippen LogP contribution is 2.34. The van der Waals surface area contributed by atoms with E-state index in [-0.39, 0.29) is 0 Å². The van der Waals surface area contributed by atoms with Crippen molar-refractivity contribution >= 4 is 0 Å². The number of piperazine rings is 1. The van der Waals surface area contributed by atoms with Gasteiger partial charge in [0.2, 0.25) is 0 Å². The van der Waals surface area contributed by atoms with E-state index in [1.54, 1.807) is 0 Å². The third-order valence-electron chi connectivity index (χ3n) is 4.43. The summed E-state index contributed by atoms with van der Waals surface area (Å²) in [6.45, 7) is 10.3. The molecule has 0 amide bonds. The first-order valence-electron chi connectivity index (χ1n) is 7.05. The van der Waals surface area contributed by atoms with E-state index in [9.17, 15) is 0 Å². The van der Waals surface area contributed by atoms with Crippen LogP contribution in [0.4, 0.5) is 0 Å². The van der Waals surface area contributed by atoms with Crippen molar-refractivity contribution in [1.29, 1.82) is 0 Å². The second-order valence-corrected chi connectivity index (χ2v) is 6.07. The van der Waals surface area contributed by atoms with Crippen molar-refractivity contribution in [2.75, 3.05) is 13.1 Å². The summed E-state index contributed by atoms with van der Waals surface area (Å²) in [6.07, 6.45) is 3.33. The van der Waals surface area contributed by atoms with Crippen LogP contribution in [0, 0.1) is 6.92 Å². The van der Waals surface area contributed by atoms with Gasteiger partial charge in [-0.15, -0.1) is 0 Å². The molecule has 0 aliphatic carbocycles. The third-order valence-corrected chi connectivity index (χ3v) is 4.43. The number of hydrogen-bond acceptors (Lipinski definition) is 3. The maximum absolute atomic E-state index is 4.27. The van der Waals surface area contributed by atoms with Crippen LogP contribution in [-0.4, -0.2) is 46.0 Å². The minimum Gasteiger partial charge on any atom is -0.298 e. The van der Waals surface area contributed by atoms with Crippen molar-refractivity contribution in [3.63, 3.8) is 0 Å². The molecule has 2 aliphatic rings. The molecule has 0 N–H and O–H groups in total. The van der Waals surface area contributed by atoms with Crippen LogP contribution in [0.3, 0.4) is 0 Å². The van der Waals surface area contributed by atoms with Crippen LogP contribution in [-0.2, 0) is 6.54 Å². The maximum Gasteiger partial charge on any atom is 0.0375 e. The fourth-order valence-corrected chi connectivity index (χ4v) is 3.31. The molecule has 0 aromatic carbocycles. The predicted molar refractivity (Wildman–Crippen MR) is 73.4 cm³/mol. The number of piperidine rings is 1. The lowest BCUT2D eigenvalue weighted by Gasteiger charge is -2.57. The third kappa shape index (κ3) is 2.17. The number of rotatable bonds is 3. The fraction of sp³-hybridized carbons (Fsp3) is 0.667. The summed E-state index contributed by atoms with van der Waals surface area (Å²) in [5.74, 6) is 0. The van der Waals surface area contributed by atoms with Gasteiger partial charge in [0.1, 0.15) is 0 Å². The molecule has 2 atom stereocenters. The first-order chi connectivity index (χ1) is 8.63. The van der Waals surface area contributed by atoms with Crippen LogP contribution in [0.5, 0.6) is 0 Å². The fourth-order valence-electron chi connectivity index (χ4n) is 3.31. The van der Waals surface area contributed by atoms with Gasteiger partial charge in [-0.05, 0) is 44.9 Å². The Kier molecular flexibility index (Phi) is 3.12. The molecule has 2 unspecified atom stereocenters. The minimum absolute atomic E-state index is 0.695. The van der Waals surface area contributed by atoms with E-state index in [0.717, 1.165) is 24.3 Å². The average Bonchev–Trinajstić information content (AvgIpc) is 2.36. The molecule has 1 aromatic rings. The summed E-state index contributed by atoms with van der Waals surface area (Å²) in [7, 11) is 0. The Morgan fingerprint density at radius 1 is 1.33 bits per heavy atom. The summed E-state index contributed by atoms with van der Waals surface area (Å²) in [5, 5.41) is 0. The highest BCUT2D eigenvalue weighted by Gasteiger charge is 2.44. The number of aryl methyl sites for hydroxylation is 1. The number of fused-ring (bicyclic) bond motifs is 2. The van der Waals surface area contributed by atoms with E-state index in [2.05, 4.69) is 47.7 Å². The molecule has 0 saturated carbocycles. The molecule has 3 rings (SSSR count). The van der Waals surface area contributed by atoms with Crippen LogP contribution < -0.4 is 0 Å². The Balaban J connectivity index is 1.64. The molecule has 3 heteroatoms. The lowest BCUT2D eigenvalue weighted by atomic mass is 9.86. The standard InChI is InChI=1S/C15H23N3/c1-11(2)17-9-14-7-15(10-17)18(14)8-13-4-5-16-12(3)6-13/h4-6,11,14-15H,7-10H2,1-3H3. The zero-order valence-corrected chi connectivity index (χ0v) is 11.6. The number of likely N-dealkylation sites (tertiary alicyclic amines) is 2. The SMILES string of the molecule is Cc1cc(CN2C3CC2CN(C(C)C)C3)ccn1. The van der Waals surface area contributed by atoms with Crippen molar-refractivity contribution in [3.05, 3.63) is 29.6 Å². The molecule has 0 spiro atoms. The van der Waals surface area contributed by atoms with E-state index in [0.29, 0.717) is 6.04 Å². The largest absolute Gasteiger partial charge is 0.298 e. The highest BCUT2D eigenvalue weighted by atomic mass is 15.4. The van der Waals surface area contributed by atoms with Gasteiger partial charge in [0.25, 0.3) is 0 Å². The van der Waals surface area contributed by atoms with Gasteiger partial charge in [-0.2, -0.15) is 0 Å². The first-order valence-corrected chi connectivity index (χ1v) is 7.05. The molecule has 98 valence electrons. The monoisotopic (exact) mass is 245 g/mol. The number of nitrogens with zero attached hydrogens (tertiary/aromatic N) is 3. The Morgan fingerprint density at radius 3 is 2.67 bits per heavy atom. The first kappa shape index (κ1) is 12.1. The van der Waals surface area contributed by atoms with Gasteiger partial charge in [-0.1, -0.05) is 0 Å². The van der Waals surface area contributed by atoms with E-state index >= 15 is 0 Å².